The third-order valence-electron chi connectivity index (χ3n) is 4.47. The second-order valence-electron chi connectivity index (χ2n) is 6.23. The molecule has 3 atom stereocenters. The number of likely N-dealkylation sites (N-methyl/N-ethyl adjacent to an activating group) is 1. The first-order valence-corrected chi connectivity index (χ1v) is 8.40. The SMILES string of the molecule is CNCC(O)[C@H](C1=CC=CCC1OC(F)(F)F)n1ccc2ccccc21. The van der Waals surface area contributed by atoms with Gasteiger partial charge in [0.05, 0.1) is 18.2 Å². The zero-order valence-electron chi connectivity index (χ0n) is 14.3. The maximum absolute atomic E-state index is 12.9. The van der Waals surface area contributed by atoms with Crippen LogP contribution >= 0.6 is 0 Å². The molecule has 2 aromatic rings. The highest BCUT2D eigenvalue weighted by Gasteiger charge is 2.39. The highest BCUT2D eigenvalue weighted by molar-refractivity contribution is 5.80. The predicted octanol–water partition coefficient (Wildman–Crippen LogP) is 3.55. The van der Waals surface area contributed by atoms with E-state index < -0.39 is 24.6 Å². The molecule has 0 spiro atoms. The Hall–Kier alpha value is -2.09. The summed E-state index contributed by atoms with van der Waals surface area (Å²) in [7, 11) is 1.69. The first-order chi connectivity index (χ1) is 12.4. The molecular formula is C19H21F3N2O2. The molecule has 1 aliphatic carbocycles. The van der Waals surface area contributed by atoms with Crippen molar-refractivity contribution in [3.05, 3.63) is 60.3 Å². The van der Waals surface area contributed by atoms with Gasteiger partial charge in [0.25, 0.3) is 0 Å². The lowest BCUT2D eigenvalue weighted by molar-refractivity contribution is -0.338. The Morgan fingerprint density at radius 2 is 2.08 bits per heavy atom. The van der Waals surface area contributed by atoms with Crippen molar-refractivity contribution in [2.75, 3.05) is 13.6 Å². The molecule has 0 amide bonds. The van der Waals surface area contributed by atoms with E-state index in [4.69, 9.17) is 0 Å². The molecule has 2 N–H and O–H groups in total. The van der Waals surface area contributed by atoms with Crippen molar-refractivity contribution in [3.8, 4) is 0 Å². The van der Waals surface area contributed by atoms with Crippen LogP contribution in [-0.2, 0) is 4.74 Å². The summed E-state index contributed by atoms with van der Waals surface area (Å²) in [6, 6.07) is 8.76. The van der Waals surface area contributed by atoms with Gasteiger partial charge in [0.15, 0.2) is 0 Å². The average Bonchev–Trinajstić information content (AvgIpc) is 3.00. The van der Waals surface area contributed by atoms with Crippen LogP contribution in [0.3, 0.4) is 0 Å². The molecule has 0 bridgehead atoms. The Labute approximate surface area is 149 Å². The number of allylic oxidation sites excluding steroid dienone is 2. The molecule has 1 heterocycles. The minimum absolute atomic E-state index is 0.104. The van der Waals surface area contributed by atoms with Crippen molar-refractivity contribution in [2.24, 2.45) is 0 Å². The highest BCUT2D eigenvalue weighted by Crippen LogP contribution is 2.36. The zero-order chi connectivity index (χ0) is 18.7. The van der Waals surface area contributed by atoms with Gasteiger partial charge < -0.3 is 15.0 Å². The number of halogens is 3. The fraction of sp³-hybridized carbons (Fsp3) is 0.368. The molecule has 140 valence electrons. The number of aliphatic hydroxyl groups is 1. The number of ether oxygens (including phenoxy) is 1. The van der Waals surface area contributed by atoms with E-state index >= 15 is 0 Å². The maximum Gasteiger partial charge on any atom is 0.523 e. The highest BCUT2D eigenvalue weighted by atomic mass is 19.4. The van der Waals surface area contributed by atoms with E-state index in [1.165, 1.54) is 0 Å². The van der Waals surface area contributed by atoms with Gasteiger partial charge in [-0.05, 0) is 36.6 Å². The number of para-hydroxylation sites is 1. The van der Waals surface area contributed by atoms with Crippen LogP contribution in [0.15, 0.2) is 60.3 Å². The summed E-state index contributed by atoms with van der Waals surface area (Å²) in [6.45, 7) is 0.233. The molecule has 1 aliphatic rings. The average molecular weight is 366 g/mol. The minimum atomic E-state index is -4.74. The van der Waals surface area contributed by atoms with Crippen LogP contribution in [0.2, 0.25) is 0 Å². The standard InChI is InChI=1S/C19H21F3N2O2/c1-23-12-16(25)18(24-11-10-13-6-2-4-8-15(13)24)14-7-3-5-9-17(14)26-19(20,21)22/h2-8,10-11,16-18,23,25H,9,12H2,1H3/t16?,17?,18-/m0/s1. The summed E-state index contributed by atoms with van der Waals surface area (Å²) in [5.41, 5.74) is 1.24. The van der Waals surface area contributed by atoms with Crippen LogP contribution in [0.25, 0.3) is 10.9 Å². The van der Waals surface area contributed by atoms with Gasteiger partial charge >= 0.3 is 6.36 Å². The van der Waals surface area contributed by atoms with Gasteiger partial charge in [0.1, 0.15) is 0 Å². The van der Waals surface area contributed by atoms with Crippen molar-refractivity contribution in [3.63, 3.8) is 0 Å². The molecule has 0 aliphatic heterocycles. The summed E-state index contributed by atoms with van der Waals surface area (Å²) < 4.78 is 44.8. The van der Waals surface area contributed by atoms with Gasteiger partial charge in [-0.25, -0.2) is 0 Å². The predicted molar refractivity (Wildman–Crippen MR) is 93.7 cm³/mol. The monoisotopic (exact) mass is 366 g/mol. The fourth-order valence-corrected chi connectivity index (χ4v) is 3.43. The number of aromatic nitrogens is 1. The van der Waals surface area contributed by atoms with E-state index in [2.05, 4.69) is 10.1 Å². The number of benzene rings is 1. The van der Waals surface area contributed by atoms with Gasteiger partial charge in [-0.2, -0.15) is 0 Å². The molecule has 3 rings (SSSR count). The summed E-state index contributed by atoms with van der Waals surface area (Å²) in [4.78, 5) is 0. The molecule has 4 nitrogen and oxygen atoms in total. The third kappa shape index (κ3) is 4.00. The number of fused-ring (bicyclic) bond motifs is 1. The Bertz CT molecular complexity index is 810. The molecule has 26 heavy (non-hydrogen) atoms. The second-order valence-corrected chi connectivity index (χ2v) is 6.23. The lowest BCUT2D eigenvalue weighted by Crippen LogP contribution is -2.38. The molecule has 0 saturated heterocycles. The minimum Gasteiger partial charge on any atom is -0.389 e. The Morgan fingerprint density at radius 1 is 1.31 bits per heavy atom. The zero-order valence-corrected chi connectivity index (χ0v) is 14.3. The molecule has 7 heteroatoms. The maximum atomic E-state index is 12.9. The smallest absolute Gasteiger partial charge is 0.389 e. The molecule has 0 radical (unpaired) electrons. The quantitative estimate of drug-likeness (QED) is 0.822. The van der Waals surface area contributed by atoms with Crippen LogP contribution in [0.4, 0.5) is 13.2 Å². The van der Waals surface area contributed by atoms with Crippen molar-refractivity contribution in [2.45, 2.75) is 31.0 Å². The first-order valence-electron chi connectivity index (χ1n) is 8.40. The number of aliphatic hydroxyl groups excluding tert-OH is 1. The van der Waals surface area contributed by atoms with Crippen LogP contribution < -0.4 is 5.32 Å². The van der Waals surface area contributed by atoms with Gasteiger partial charge in [-0.1, -0.05) is 36.4 Å². The Kier molecular flexibility index (Phi) is 5.50. The Balaban J connectivity index is 2.05. The number of nitrogens with zero attached hydrogens (tertiary/aromatic N) is 1. The van der Waals surface area contributed by atoms with E-state index in [0.717, 1.165) is 10.9 Å². The van der Waals surface area contributed by atoms with E-state index in [1.54, 1.807) is 31.5 Å². The second kappa shape index (κ2) is 7.65. The number of nitrogens with one attached hydrogen (secondary N) is 1. The number of rotatable bonds is 6. The van der Waals surface area contributed by atoms with Gasteiger partial charge in [-0.3, -0.25) is 4.74 Å². The molecule has 1 aromatic heterocycles. The number of alkyl halides is 3. The van der Waals surface area contributed by atoms with Crippen molar-refractivity contribution >= 4 is 10.9 Å². The van der Waals surface area contributed by atoms with E-state index in [1.807, 2.05) is 34.9 Å². The molecule has 0 fully saturated rings. The van der Waals surface area contributed by atoms with Gasteiger partial charge in [0.2, 0.25) is 0 Å². The lowest BCUT2D eigenvalue weighted by Gasteiger charge is -2.33. The fourth-order valence-electron chi connectivity index (χ4n) is 3.43. The van der Waals surface area contributed by atoms with E-state index in [-0.39, 0.29) is 13.0 Å². The molecule has 2 unspecified atom stereocenters. The summed E-state index contributed by atoms with van der Waals surface area (Å²) in [6.07, 6.45) is 0.00644. The third-order valence-corrected chi connectivity index (χ3v) is 4.47. The molecular weight excluding hydrogens is 345 g/mol. The van der Waals surface area contributed by atoms with Gasteiger partial charge in [0, 0.05) is 18.3 Å². The van der Waals surface area contributed by atoms with Gasteiger partial charge in [-0.15, -0.1) is 13.2 Å². The van der Waals surface area contributed by atoms with Crippen LogP contribution in [-0.4, -0.2) is 41.8 Å². The van der Waals surface area contributed by atoms with Crippen LogP contribution in [0.1, 0.15) is 12.5 Å². The van der Waals surface area contributed by atoms with Crippen molar-refractivity contribution in [1.82, 2.24) is 9.88 Å². The summed E-state index contributed by atoms with van der Waals surface area (Å²) in [5, 5.41) is 14.6. The summed E-state index contributed by atoms with van der Waals surface area (Å²) >= 11 is 0. The van der Waals surface area contributed by atoms with E-state index in [0.29, 0.717) is 5.57 Å². The molecule has 0 saturated carbocycles. The van der Waals surface area contributed by atoms with Crippen LogP contribution in [0, 0.1) is 0 Å². The first kappa shape index (κ1) is 18.7. The number of hydrogen-bond donors (Lipinski definition) is 2. The van der Waals surface area contributed by atoms with Crippen molar-refractivity contribution in [1.29, 1.82) is 0 Å². The summed E-state index contributed by atoms with van der Waals surface area (Å²) in [5.74, 6) is 0. The lowest BCUT2D eigenvalue weighted by atomic mass is 9.91. The van der Waals surface area contributed by atoms with Crippen molar-refractivity contribution < 1.29 is 23.0 Å². The van der Waals surface area contributed by atoms with E-state index in [9.17, 15) is 18.3 Å². The molecule has 1 aromatic carbocycles. The number of hydrogen-bond acceptors (Lipinski definition) is 3. The Morgan fingerprint density at radius 3 is 2.81 bits per heavy atom. The topological polar surface area (TPSA) is 46.4 Å². The largest absolute Gasteiger partial charge is 0.523 e. The normalized spacial score (nSPS) is 20.2. The van der Waals surface area contributed by atoms with Crippen LogP contribution in [0.5, 0.6) is 0 Å².